The molecule has 1 aliphatic rings. The van der Waals surface area contributed by atoms with Crippen LogP contribution in [0, 0.1) is 11.8 Å². The minimum atomic E-state index is -3.94. The van der Waals surface area contributed by atoms with Gasteiger partial charge in [0.05, 0.1) is 6.20 Å². The number of thiazole rings is 1. The Morgan fingerprint density at radius 3 is 2.64 bits per heavy atom. The van der Waals surface area contributed by atoms with Crippen molar-refractivity contribution in [1.82, 2.24) is 9.71 Å². The molecular weight excluding hydrogens is 326 g/mol. The molecule has 1 aliphatic carbocycles. The van der Waals surface area contributed by atoms with E-state index < -0.39 is 15.9 Å². The summed E-state index contributed by atoms with van der Waals surface area (Å²) in [5.74, 6) is -0.883. The van der Waals surface area contributed by atoms with Gasteiger partial charge in [-0.1, -0.05) is 31.1 Å². The van der Waals surface area contributed by atoms with Gasteiger partial charge in [-0.3, -0.25) is 9.59 Å². The molecule has 0 bridgehead atoms. The number of rotatable bonds is 4. The van der Waals surface area contributed by atoms with Crippen LogP contribution in [0.2, 0.25) is 0 Å². The molecule has 1 aromatic heterocycles. The molecule has 122 valence electrons. The fraction of sp³-hybridized carbons (Fsp3) is 0.615. The second kappa shape index (κ2) is 6.74. The van der Waals surface area contributed by atoms with Crippen molar-refractivity contribution in [1.29, 1.82) is 0 Å². The molecule has 0 radical (unpaired) electrons. The molecule has 0 aromatic carbocycles. The highest BCUT2D eigenvalue weighted by atomic mass is 32.2. The lowest BCUT2D eigenvalue weighted by molar-refractivity contribution is -0.125. The van der Waals surface area contributed by atoms with E-state index in [4.69, 9.17) is 0 Å². The van der Waals surface area contributed by atoms with Gasteiger partial charge >= 0.3 is 0 Å². The van der Waals surface area contributed by atoms with Crippen molar-refractivity contribution >= 4 is 38.3 Å². The Labute approximate surface area is 133 Å². The smallest absolute Gasteiger partial charge is 0.275 e. The van der Waals surface area contributed by atoms with E-state index in [1.165, 1.54) is 6.92 Å². The van der Waals surface area contributed by atoms with Gasteiger partial charge in [0.2, 0.25) is 11.8 Å². The normalized spacial score (nSPS) is 22.1. The third-order valence-electron chi connectivity index (χ3n) is 3.72. The summed E-state index contributed by atoms with van der Waals surface area (Å²) in [5, 5.41) is 2.60. The number of aromatic nitrogens is 1. The first-order valence-corrected chi connectivity index (χ1v) is 9.39. The van der Waals surface area contributed by atoms with E-state index in [-0.39, 0.29) is 27.1 Å². The van der Waals surface area contributed by atoms with Crippen molar-refractivity contribution in [2.24, 2.45) is 11.8 Å². The molecule has 0 aliphatic heterocycles. The van der Waals surface area contributed by atoms with Gasteiger partial charge in [-0.25, -0.2) is 18.1 Å². The Hall–Kier alpha value is -1.48. The largest absolute Gasteiger partial charge is 0.302 e. The zero-order valence-corrected chi connectivity index (χ0v) is 14.1. The summed E-state index contributed by atoms with van der Waals surface area (Å²) >= 11 is 0.812. The molecule has 0 saturated heterocycles. The van der Waals surface area contributed by atoms with E-state index in [0.717, 1.165) is 36.8 Å². The predicted octanol–water partition coefficient (Wildman–Crippen LogP) is 1.73. The molecule has 2 rings (SSSR count). The number of sulfonamides is 1. The monoisotopic (exact) mass is 345 g/mol. The third kappa shape index (κ3) is 4.04. The van der Waals surface area contributed by atoms with Crippen molar-refractivity contribution in [2.75, 3.05) is 5.32 Å². The summed E-state index contributed by atoms with van der Waals surface area (Å²) in [5.41, 5.74) is 0. The number of nitrogens with one attached hydrogen (secondary N) is 2. The van der Waals surface area contributed by atoms with Crippen LogP contribution in [-0.4, -0.2) is 25.2 Å². The summed E-state index contributed by atoms with van der Waals surface area (Å²) < 4.78 is 26.5. The predicted molar refractivity (Wildman–Crippen MR) is 82.9 cm³/mol. The summed E-state index contributed by atoms with van der Waals surface area (Å²) in [6.45, 7) is 3.28. The molecule has 2 amide bonds. The summed E-state index contributed by atoms with van der Waals surface area (Å²) in [6, 6.07) is 0. The van der Waals surface area contributed by atoms with E-state index >= 15 is 0 Å². The zero-order valence-electron chi connectivity index (χ0n) is 12.5. The maximum atomic E-state index is 12.2. The number of anilines is 1. The minimum Gasteiger partial charge on any atom is -0.302 e. The fourth-order valence-corrected chi connectivity index (χ4v) is 4.66. The standard InChI is InChI=1S/C13H19N3O4S2/c1-8-5-3-4-6-10(8)12(18)16-22(19,20)11-7-14-13(21-11)15-9(2)17/h7-8,10H,3-6H2,1-2H3,(H,16,18)(H,14,15,17). The Balaban J connectivity index is 2.08. The molecule has 1 heterocycles. The Kier molecular flexibility index (Phi) is 5.17. The van der Waals surface area contributed by atoms with E-state index in [9.17, 15) is 18.0 Å². The molecule has 22 heavy (non-hydrogen) atoms. The highest BCUT2D eigenvalue weighted by Gasteiger charge is 2.31. The fourth-order valence-electron chi connectivity index (χ4n) is 2.56. The first-order chi connectivity index (χ1) is 10.3. The topological polar surface area (TPSA) is 105 Å². The lowest BCUT2D eigenvalue weighted by Crippen LogP contribution is -2.39. The Bertz CT molecular complexity index is 669. The molecule has 7 nitrogen and oxygen atoms in total. The minimum absolute atomic E-state index is 0.0898. The SMILES string of the molecule is CC(=O)Nc1ncc(S(=O)(=O)NC(=O)C2CCCCC2C)s1. The number of amides is 2. The summed E-state index contributed by atoms with van der Waals surface area (Å²) in [6.07, 6.45) is 4.80. The number of hydrogen-bond donors (Lipinski definition) is 2. The van der Waals surface area contributed by atoms with Gasteiger partial charge in [0.15, 0.2) is 9.34 Å². The molecule has 1 aromatic rings. The maximum Gasteiger partial charge on any atom is 0.275 e. The van der Waals surface area contributed by atoms with Crippen LogP contribution in [0.5, 0.6) is 0 Å². The van der Waals surface area contributed by atoms with Crippen molar-refractivity contribution in [2.45, 2.75) is 43.7 Å². The lowest BCUT2D eigenvalue weighted by Gasteiger charge is -2.27. The average molecular weight is 345 g/mol. The molecule has 1 fully saturated rings. The molecule has 9 heteroatoms. The summed E-state index contributed by atoms with van der Waals surface area (Å²) in [4.78, 5) is 26.9. The Morgan fingerprint density at radius 2 is 2.00 bits per heavy atom. The molecule has 2 unspecified atom stereocenters. The van der Waals surface area contributed by atoms with Crippen LogP contribution in [0.1, 0.15) is 39.5 Å². The van der Waals surface area contributed by atoms with Crippen LogP contribution in [0.4, 0.5) is 5.13 Å². The van der Waals surface area contributed by atoms with Gasteiger partial charge in [0.25, 0.3) is 10.0 Å². The first-order valence-electron chi connectivity index (χ1n) is 7.09. The quantitative estimate of drug-likeness (QED) is 0.864. The van der Waals surface area contributed by atoms with E-state index in [2.05, 4.69) is 15.0 Å². The molecule has 2 atom stereocenters. The lowest BCUT2D eigenvalue weighted by atomic mass is 9.80. The average Bonchev–Trinajstić information content (AvgIpc) is 2.87. The second-order valence-corrected chi connectivity index (χ2v) is 8.44. The number of nitrogens with zero attached hydrogens (tertiary/aromatic N) is 1. The molecule has 0 spiro atoms. The number of carbonyl (C=O) groups excluding carboxylic acids is 2. The van der Waals surface area contributed by atoms with Crippen molar-refractivity contribution < 1.29 is 18.0 Å². The van der Waals surface area contributed by atoms with Gasteiger partial charge in [0.1, 0.15) is 0 Å². The number of hydrogen-bond acceptors (Lipinski definition) is 6. The van der Waals surface area contributed by atoms with Crippen LogP contribution < -0.4 is 10.0 Å². The molecular formula is C13H19N3O4S2. The van der Waals surface area contributed by atoms with Gasteiger partial charge in [-0.15, -0.1) is 0 Å². The van der Waals surface area contributed by atoms with E-state index in [1.54, 1.807) is 0 Å². The van der Waals surface area contributed by atoms with Crippen molar-refractivity contribution in [3.8, 4) is 0 Å². The van der Waals surface area contributed by atoms with Crippen LogP contribution >= 0.6 is 11.3 Å². The van der Waals surface area contributed by atoms with Crippen LogP contribution in [0.25, 0.3) is 0 Å². The van der Waals surface area contributed by atoms with Crippen molar-refractivity contribution in [3.05, 3.63) is 6.20 Å². The van der Waals surface area contributed by atoms with E-state index in [0.29, 0.717) is 6.42 Å². The Morgan fingerprint density at radius 1 is 1.32 bits per heavy atom. The van der Waals surface area contributed by atoms with E-state index in [1.807, 2.05) is 6.92 Å². The highest BCUT2D eigenvalue weighted by Crippen LogP contribution is 2.30. The van der Waals surface area contributed by atoms with Crippen molar-refractivity contribution in [3.63, 3.8) is 0 Å². The van der Waals surface area contributed by atoms with Gasteiger partial charge in [-0.2, -0.15) is 0 Å². The van der Waals surface area contributed by atoms with Crippen LogP contribution in [0.15, 0.2) is 10.4 Å². The van der Waals surface area contributed by atoms with Gasteiger partial charge in [-0.05, 0) is 18.8 Å². The van der Waals surface area contributed by atoms with Crippen LogP contribution in [-0.2, 0) is 19.6 Å². The van der Waals surface area contributed by atoms with Crippen LogP contribution in [0.3, 0.4) is 0 Å². The maximum absolute atomic E-state index is 12.2. The van der Waals surface area contributed by atoms with Gasteiger partial charge < -0.3 is 5.32 Å². The first kappa shape index (κ1) is 16.9. The van der Waals surface area contributed by atoms with Gasteiger partial charge in [0, 0.05) is 12.8 Å². The molecule has 2 N–H and O–H groups in total. The molecule has 1 saturated carbocycles. The number of carbonyl (C=O) groups is 2. The highest BCUT2D eigenvalue weighted by molar-refractivity contribution is 7.92. The summed E-state index contributed by atoms with van der Waals surface area (Å²) in [7, 11) is -3.94. The third-order valence-corrected chi connectivity index (χ3v) is 6.44. The zero-order chi connectivity index (χ0) is 16.3. The second-order valence-electron chi connectivity index (χ2n) is 5.50.